The standard InChI is InChI=1S/C20H22O4/c21-19(15-20(22)12-5-2-6-13-20)24-18-11-7-10-17(14-18)23-16-8-3-1-4-9-16/h1,3-4,7-11,14,22H,2,5-6,12-13,15H2. The highest BCUT2D eigenvalue weighted by atomic mass is 16.5. The Hall–Kier alpha value is -2.33. The van der Waals surface area contributed by atoms with Gasteiger partial charge in [0.05, 0.1) is 12.0 Å². The third-order valence-corrected chi connectivity index (χ3v) is 4.27. The summed E-state index contributed by atoms with van der Waals surface area (Å²) in [5, 5.41) is 10.4. The second-order valence-electron chi connectivity index (χ2n) is 6.33. The molecule has 0 radical (unpaired) electrons. The highest BCUT2D eigenvalue weighted by molar-refractivity contribution is 5.73. The quantitative estimate of drug-likeness (QED) is 0.650. The van der Waals surface area contributed by atoms with Crippen molar-refractivity contribution < 1.29 is 19.4 Å². The van der Waals surface area contributed by atoms with Crippen LogP contribution in [0.1, 0.15) is 38.5 Å². The second-order valence-corrected chi connectivity index (χ2v) is 6.33. The van der Waals surface area contributed by atoms with Gasteiger partial charge in [0.1, 0.15) is 17.2 Å². The summed E-state index contributed by atoms with van der Waals surface area (Å²) in [6.07, 6.45) is 4.42. The number of hydrogen-bond donors (Lipinski definition) is 1. The van der Waals surface area contributed by atoms with Crippen LogP contribution in [0, 0.1) is 0 Å². The van der Waals surface area contributed by atoms with Crippen molar-refractivity contribution >= 4 is 5.97 Å². The highest BCUT2D eigenvalue weighted by Gasteiger charge is 2.32. The minimum atomic E-state index is -0.909. The lowest BCUT2D eigenvalue weighted by Crippen LogP contribution is -2.35. The third kappa shape index (κ3) is 4.59. The van der Waals surface area contributed by atoms with Gasteiger partial charge < -0.3 is 14.6 Å². The minimum Gasteiger partial charge on any atom is -0.457 e. The zero-order valence-corrected chi connectivity index (χ0v) is 13.6. The normalized spacial score (nSPS) is 16.4. The van der Waals surface area contributed by atoms with Gasteiger partial charge in [0.2, 0.25) is 0 Å². The molecule has 126 valence electrons. The predicted octanol–water partition coefficient (Wildman–Crippen LogP) is 4.47. The Bertz CT molecular complexity index is 675. The summed E-state index contributed by atoms with van der Waals surface area (Å²) in [6.45, 7) is 0. The van der Waals surface area contributed by atoms with Gasteiger partial charge in [-0.3, -0.25) is 4.79 Å². The van der Waals surface area contributed by atoms with Gasteiger partial charge in [-0.15, -0.1) is 0 Å². The molecule has 1 N–H and O–H groups in total. The molecule has 0 heterocycles. The molecule has 1 aliphatic rings. The zero-order valence-electron chi connectivity index (χ0n) is 13.6. The Morgan fingerprint density at radius 1 is 0.917 bits per heavy atom. The summed E-state index contributed by atoms with van der Waals surface area (Å²) in [5.74, 6) is 1.34. The first-order valence-corrected chi connectivity index (χ1v) is 8.39. The number of hydrogen-bond acceptors (Lipinski definition) is 4. The van der Waals surface area contributed by atoms with Gasteiger partial charge in [-0.25, -0.2) is 0 Å². The maximum atomic E-state index is 12.1. The van der Waals surface area contributed by atoms with E-state index in [-0.39, 0.29) is 6.42 Å². The molecule has 0 atom stereocenters. The van der Waals surface area contributed by atoms with Crippen LogP contribution in [0.15, 0.2) is 54.6 Å². The zero-order chi connectivity index (χ0) is 16.8. The lowest BCUT2D eigenvalue weighted by molar-refractivity contribution is -0.141. The molecule has 2 aromatic rings. The molecule has 1 fully saturated rings. The summed E-state index contributed by atoms with van der Waals surface area (Å²) in [6, 6.07) is 16.4. The lowest BCUT2D eigenvalue weighted by Gasteiger charge is -2.30. The van der Waals surface area contributed by atoms with Crippen molar-refractivity contribution in [1.82, 2.24) is 0 Å². The van der Waals surface area contributed by atoms with E-state index in [1.807, 2.05) is 30.3 Å². The van der Waals surface area contributed by atoms with E-state index in [0.717, 1.165) is 25.0 Å². The van der Waals surface area contributed by atoms with Crippen molar-refractivity contribution in [3.8, 4) is 17.2 Å². The van der Waals surface area contributed by atoms with Crippen LogP contribution >= 0.6 is 0 Å². The van der Waals surface area contributed by atoms with E-state index in [1.165, 1.54) is 0 Å². The van der Waals surface area contributed by atoms with Gasteiger partial charge in [-0.1, -0.05) is 43.5 Å². The Kier molecular flexibility index (Phi) is 5.16. The monoisotopic (exact) mass is 326 g/mol. The molecule has 4 nitrogen and oxygen atoms in total. The van der Waals surface area contributed by atoms with E-state index in [4.69, 9.17) is 9.47 Å². The lowest BCUT2D eigenvalue weighted by atomic mass is 9.82. The minimum absolute atomic E-state index is 0.0385. The van der Waals surface area contributed by atoms with Gasteiger partial charge in [0.15, 0.2) is 0 Å². The van der Waals surface area contributed by atoms with Crippen LogP contribution in [0.4, 0.5) is 0 Å². The van der Waals surface area contributed by atoms with Crippen LogP contribution in [-0.2, 0) is 4.79 Å². The summed E-state index contributed by atoms with van der Waals surface area (Å²) in [7, 11) is 0. The van der Waals surface area contributed by atoms with E-state index in [1.54, 1.807) is 24.3 Å². The van der Waals surface area contributed by atoms with Crippen molar-refractivity contribution in [3.63, 3.8) is 0 Å². The number of ether oxygens (including phenoxy) is 2. The van der Waals surface area contributed by atoms with Crippen LogP contribution in [0.25, 0.3) is 0 Å². The molecule has 0 aromatic heterocycles. The average molecular weight is 326 g/mol. The molecule has 3 rings (SSSR count). The molecule has 0 aliphatic heterocycles. The van der Waals surface area contributed by atoms with E-state index in [2.05, 4.69) is 0 Å². The van der Waals surface area contributed by atoms with Gasteiger partial charge in [-0.05, 0) is 37.1 Å². The Morgan fingerprint density at radius 2 is 1.58 bits per heavy atom. The fraction of sp³-hybridized carbons (Fsp3) is 0.350. The van der Waals surface area contributed by atoms with Crippen molar-refractivity contribution in [3.05, 3.63) is 54.6 Å². The number of esters is 1. The largest absolute Gasteiger partial charge is 0.457 e. The molecule has 24 heavy (non-hydrogen) atoms. The fourth-order valence-electron chi connectivity index (χ4n) is 3.05. The first-order valence-electron chi connectivity index (χ1n) is 8.39. The molecule has 0 unspecified atom stereocenters. The molecule has 0 spiro atoms. The molecule has 0 amide bonds. The molecule has 0 bridgehead atoms. The van der Waals surface area contributed by atoms with Crippen molar-refractivity contribution in [2.24, 2.45) is 0 Å². The molecular formula is C20H22O4. The molecule has 1 aliphatic carbocycles. The average Bonchev–Trinajstić information content (AvgIpc) is 2.56. The molecular weight excluding hydrogens is 304 g/mol. The topological polar surface area (TPSA) is 55.8 Å². The van der Waals surface area contributed by atoms with Gasteiger partial charge in [-0.2, -0.15) is 0 Å². The fourth-order valence-corrected chi connectivity index (χ4v) is 3.05. The van der Waals surface area contributed by atoms with Gasteiger partial charge in [0, 0.05) is 6.07 Å². The summed E-state index contributed by atoms with van der Waals surface area (Å²) < 4.78 is 11.1. The van der Waals surface area contributed by atoms with Crippen LogP contribution < -0.4 is 9.47 Å². The number of para-hydroxylation sites is 1. The van der Waals surface area contributed by atoms with Crippen LogP contribution in [0.5, 0.6) is 17.2 Å². The summed E-state index contributed by atoms with van der Waals surface area (Å²) >= 11 is 0. The highest BCUT2D eigenvalue weighted by Crippen LogP contribution is 2.32. The van der Waals surface area contributed by atoms with Crippen molar-refractivity contribution in [1.29, 1.82) is 0 Å². The van der Waals surface area contributed by atoms with E-state index >= 15 is 0 Å². The molecule has 2 aromatic carbocycles. The summed E-state index contributed by atoms with van der Waals surface area (Å²) in [5.41, 5.74) is -0.909. The van der Waals surface area contributed by atoms with Gasteiger partial charge in [0.25, 0.3) is 0 Å². The molecule has 1 saturated carbocycles. The number of benzene rings is 2. The maximum Gasteiger partial charge on any atom is 0.314 e. The third-order valence-electron chi connectivity index (χ3n) is 4.27. The van der Waals surface area contributed by atoms with Crippen molar-refractivity contribution in [2.45, 2.75) is 44.1 Å². The first-order chi connectivity index (χ1) is 11.6. The Morgan fingerprint density at radius 3 is 2.33 bits per heavy atom. The Labute approximate surface area is 142 Å². The molecule has 0 saturated heterocycles. The van der Waals surface area contributed by atoms with Gasteiger partial charge >= 0.3 is 5.97 Å². The first kappa shape index (κ1) is 16.5. The number of carbonyl (C=O) groups is 1. The predicted molar refractivity (Wildman–Crippen MR) is 91.2 cm³/mol. The van der Waals surface area contributed by atoms with Crippen LogP contribution in [-0.4, -0.2) is 16.7 Å². The second kappa shape index (κ2) is 7.49. The SMILES string of the molecule is O=C(CC1(O)CCCCC1)Oc1cccc(Oc2ccccc2)c1. The maximum absolute atomic E-state index is 12.1. The summed E-state index contributed by atoms with van der Waals surface area (Å²) in [4.78, 5) is 12.1. The van der Waals surface area contributed by atoms with Crippen molar-refractivity contribution in [2.75, 3.05) is 0 Å². The smallest absolute Gasteiger partial charge is 0.314 e. The number of carbonyl (C=O) groups excluding carboxylic acids is 1. The van der Waals surface area contributed by atoms with E-state index < -0.39 is 11.6 Å². The number of aliphatic hydroxyl groups is 1. The van der Waals surface area contributed by atoms with E-state index in [9.17, 15) is 9.90 Å². The molecule has 4 heteroatoms. The van der Waals surface area contributed by atoms with E-state index in [0.29, 0.717) is 24.3 Å². The van der Waals surface area contributed by atoms with Crippen LogP contribution in [0.2, 0.25) is 0 Å². The Balaban J connectivity index is 1.60. The van der Waals surface area contributed by atoms with Crippen LogP contribution in [0.3, 0.4) is 0 Å². The number of rotatable bonds is 5.